The van der Waals surface area contributed by atoms with Crippen molar-refractivity contribution < 1.29 is 4.74 Å². The molecule has 21 heavy (non-hydrogen) atoms. The molecular weight excluding hydrogens is 258 g/mol. The predicted octanol–water partition coefficient (Wildman–Crippen LogP) is 4.79. The van der Waals surface area contributed by atoms with E-state index in [1.165, 1.54) is 42.4 Å². The van der Waals surface area contributed by atoms with Gasteiger partial charge in [-0.15, -0.1) is 0 Å². The van der Waals surface area contributed by atoms with Crippen molar-refractivity contribution in [2.75, 3.05) is 13.7 Å². The van der Waals surface area contributed by atoms with Gasteiger partial charge in [0.25, 0.3) is 0 Å². The van der Waals surface area contributed by atoms with Gasteiger partial charge in [0.1, 0.15) is 5.75 Å². The number of nitrogens with one attached hydrogen (secondary N) is 1. The summed E-state index contributed by atoms with van der Waals surface area (Å²) < 4.78 is 5.46. The molecular formula is C19H31NO. The third-order valence-corrected chi connectivity index (χ3v) is 5.07. The summed E-state index contributed by atoms with van der Waals surface area (Å²) in [6.45, 7) is 9.99. The predicted molar refractivity (Wildman–Crippen MR) is 90.0 cm³/mol. The van der Waals surface area contributed by atoms with E-state index in [9.17, 15) is 0 Å². The molecule has 0 radical (unpaired) electrons. The van der Waals surface area contributed by atoms with Gasteiger partial charge in [-0.3, -0.25) is 0 Å². The summed E-state index contributed by atoms with van der Waals surface area (Å²) in [6.07, 6.45) is 5.45. The van der Waals surface area contributed by atoms with Crippen LogP contribution in [0.2, 0.25) is 0 Å². The molecule has 1 fully saturated rings. The molecule has 1 unspecified atom stereocenters. The fourth-order valence-corrected chi connectivity index (χ4v) is 3.74. The van der Waals surface area contributed by atoms with Gasteiger partial charge in [-0.1, -0.05) is 32.8 Å². The second-order valence-electron chi connectivity index (χ2n) is 6.73. The largest absolute Gasteiger partial charge is 0.496 e. The van der Waals surface area contributed by atoms with Crippen LogP contribution in [0.5, 0.6) is 5.75 Å². The van der Waals surface area contributed by atoms with Crippen LogP contribution in [-0.2, 0) is 0 Å². The summed E-state index contributed by atoms with van der Waals surface area (Å²) >= 11 is 0. The summed E-state index contributed by atoms with van der Waals surface area (Å²) in [5.74, 6) is 2.68. The fourth-order valence-electron chi connectivity index (χ4n) is 3.74. The molecule has 118 valence electrons. The van der Waals surface area contributed by atoms with Crippen molar-refractivity contribution in [3.05, 3.63) is 28.8 Å². The lowest BCUT2D eigenvalue weighted by atomic mass is 9.76. The van der Waals surface area contributed by atoms with Crippen molar-refractivity contribution in [1.82, 2.24) is 5.32 Å². The summed E-state index contributed by atoms with van der Waals surface area (Å²) in [5, 5.41) is 3.75. The Morgan fingerprint density at radius 1 is 1.14 bits per heavy atom. The van der Waals surface area contributed by atoms with Crippen molar-refractivity contribution >= 4 is 0 Å². The second-order valence-corrected chi connectivity index (χ2v) is 6.73. The Bertz CT molecular complexity index is 461. The molecule has 1 N–H and O–H groups in total. The van der Waals surface area contributed by atoms with Crippen molar-refractivity contribution in [2.45, 2.75) is 59.4 Å². The molecule has 1 aromatic rings. The zero-order chi connectivity index (χ0) is 15.4. The van der Waals surface area contributed by atoms with Crippen LogP contribution in [0.1, 0.15) is 62.3 Å². The maximum absolute atomic E-state index is 5.46. The van der Waals surface area contributed by atoms with E-state index in [0.29, 0.717) is 6.04 Å². The molecule has 1 aliphatic rings. The minimum absolute atomic E-state index is 0.493. The number of hydrogen-bond acceptors (Lipinski definition) is 2. The highest BCUT2D eigenvalue weighted by Gasteiger charge is 2.28. The number of benzene rings is 1. The Labute approximate surface area is 130 Å². The van der Waals surface area contributed by atoms with E-state index in [-0.39, 0.29) is 0 Å². The van der Waals surface area contributed by atoms with Crippen LogP contribution in [0.15, 0.2) is 12.1 Å². The minimum atomic E-state index is 0.493. The van der Waals surface area contributed by atoms with Crippen molar-refractivity contribution in [1.29, 1.82) is 0 Å². The average Bonchev–Trinajstić information content (AvgIpc) is 2.48. The highest BCUT2D eigenvalue weighted by Crippen LogP contribution is 2.39. The van der Waals surface area contributed by atoms with Gasteiger partial charge in [0.2, 0.25) is 0 Å². The lowest BCUT2D eigenvalue weighted by molar-refractivity contribution is 0.232. The summed E-state index contributed by atoms with van der Waals surface area (Å²) in [6, 6.07) is 5.02. The first-order valence-corrected chi connectivity index (χ1v) is 8.45. The zero-order valence-corrected chi connectivity index (χ0v) is 14.3. The average molecular weight is 289 g/mol. The monoisotopic (exact) mass is 289 g/mol. The Morgan fingerprint density at radius 2 is 1.81 bits per heavy atom. The van der Waals surface area contributed by atoms with Gasteiger partial charge < -0.3 is 10.1 Å². The molecule has 1 aliphatic carbocycles. The quantitative estimate of drug-likeness (QED) is 0.841. The Hall–Kier alpha value is -1.02. The lowest BCUT2D eigenvalue weighted by Gasteiger charge is -2.34. The summed E-state index contributed by atoms with van der Waals surface area (Å²) in [4.78, 5) is 0. The highest BCUT2D eigenvalue weighted by atomic mass is 16.5. The third kappa shape index (κ3) is 3.79. The number of ether oxygens (including phenoxy) is 1. The van der Waals surface area contributed by atoms with Crippen LogP contribution in [0.25, 0.3) is 0 Å². The van der Waals surface area contributed by atoms with E-state index in [1.807, 2.05) is 0 Å². The summed E-state index contributed by atoms with van der Waals surface area (Å²) in [7, 11) is 1.76. The molecule has 0 amide bonds. The maximum atomic E-state index is 5.46. The first-order valence-electron chi connectivity index (χ1n) is 8.45. The molecule has 1 aromatic carbocycles. The topological polar surface area (TPSA) is 21.3 Å². The van der Waals surface area contributed by atoms with Gasteiger partial charge in [-0.2, -0.15) is 0 Å². The molecule has 0 aromatic heterocycles. The number of hydrogen-bond donors (Lipinski definition) is 1. The van der Waals surface area contributed by atoms with Gasteiger partial charge in [0, 0.05) is 6.04 Å². The van der Waals surface area contributed by atoms with Gasteiger partial charge in [0.05, 0.1) is 7.11 Å². The van der Waals surface area contributed by atoms with Gasteiger partial charge >= 0.3 is 0 Å². The molecule has 0 aliphatic heterocycles. The molecule has 1 atom stereocenters. The van der Waals surface area contributed by atoms with Gasteiger partial charge in [-0.25, -0.2) is 0 Å². The summed E-state index contributed by atoms with van der Waals surface area (Å²) in [5.41, 5.74) is 4.06. The molecule has 0 heterocycles. The van der Waals surface area contributed by atoms with Crippen LogP contribution in [0.3, 0.4) is 0 Å². The second kappa shape index (κ2) is 7.31. The van der Waals surface area contributed by atoms with E-state index in [2.05, 4.69) is 45.1 Å². The van der Waals surface area contributed by atoms with E-state index < -0.39 is 0 Å². The number of methoxy groups -OCH3 is 1. The first kappa shape index (κ1) is 16.4. The lowest BCUT2D eigenvalue weighted by Crippen LogP contribution is -2.31. The van der Waals surface area contributed by atoms with Crippen LogP contribution in [-0.4, -0.2) is 13.7 Å². The van der Waals surface area contributed by atoms with E-state index in [4.69, 9.17) is 4.74 Å². The highest BCUT2D eigenvalue weighted by molar-refractivity contribution is 5.43. The Morgan fingerprint density at radius 3 is 2.38 bits per heavy atom. The first-order chi connectivity index (χ1) is 10.1. The van der Waals surface area contributed by atoms with E-state index in [1.54, 1.807) is 7.11 Å². The van der Waals surface area contributed by atoms with Gasteiger partial charge in [0.15, 0.2) is 0 Å². The van der Waals surface area contributed by atoms with Crippen LogP contribution < -0.4 is 10.1 Å². The van der Waals surface area contributed by atoms with E-state index in [0.717, 1.165) is 24.1 Å². The fraction of sp³-hybridized carbons (Fsp3) is 0.684. The Kier molecular flexibility index (Phi) is 5.69. The van der Waals surface area contributed by atoms with Crippen LogP contribution in [0.4, 0.5) is 0 Å². The smallest absolute Gasteiger partial charge is 0.122 e. The van der Waals surface area contributed by atoms with Crippen LogP contribution in [0, 0.1) is 25.7 Å². The molecule has 0 bridgehead atoms. The van der Waals surface area contributed by atoms with Crippen molar-refractivity contribution in [2.24, 2.45) is 11.8 Å². The number of aryl methyl sites for hydroxylation is 2. The molecule has 0 saturated heterocycles. The van der Waals surface area contributed by atoms with Crippen molar-refractivity contribution in [3.8, 4) is 5.75 Å². The zero-order valence-electron chi connectivity index (χ0n) is 14.3. The third-order valence-electron chi connectivity index (χ3n) is 5.07. The number of rotatable bonds is 5. The Balaban J connectivity index is 2.27. The SMILES string of the molecule is CCNC(c1cc(C)c(OC)cc1C)C1CCC(C)CC1. The molecule has 2 heteroatoms. The minimum Gasteiger partial charge on any atom is -0.496 e. The molecule has 2 rings (SSSR count). The normalized spacial score (nSPS) is 23.9. The van der Waals surface area contributed by atoms with E-state index >= 15 is 0 Å². The standard InChI is InChI=1S/C19H31NO/c1-6-20-19(16-9-7-13(2)8-10-16)17-11-15(4)18(21-5)12-14(17)3/h11-13,16,19-20H,6-10H2,1-5H3. The molecule has 0 spiro atoms. The van der Waals surface area contributed by atoms with Crippen LogP contribution >= 0.6 is 0 Å². The molecule has 1 saturated carbocycles. The van der Waals surface area contributed by atoms with Crippen molar-refractivity contribution in [3.63, 3.8) is 0 Å². The molecule has 2 nitrogen and oxygen atoms in total. The van der Waals surface area contributed by atoms with Gasteiger partial charge in [-0.05, 0) is 67.8 Å². The maximum Gasteiger partial charge on any atom is 0.122 e.